The first kappa shape index (κ1) is 17.7. The van der Waals surface area contributed by atoms with Crippen LogP contribution in [-0.4, -0.2) is 47.3 Å². The topological polar surface area (TPSA) is 122 Å². The molecule has 0 aromatic carbocycles. The Morgan fingerprint density at radius 1 is 1.32 bits per heavy atom. The second-order valence-electron chi connectivity index (χ2n) is 4.17. The van der Waals surface area contributed by atoms with Crippen molar-refractivity contribution in [2.24, 2.45) is 5.73 Å². The van der Waals surface area contributed by atoms with Crippen molar-refractivity contribution in [1.29, 1.82) is 0 Å². The molecule has 0 aromatic heterocycles. The summed E-state index contributed by atoms with van der Waals surface area (Å²) in [5, 5.41) is 13.7. The fourth-order valence-electron chi connectivity index (χ4n) is 1.35. The molecule has 2 atom stereocenters. The summed E-state index contributed by atoms with van der Waals surface area (Å²) in [5.41, 5.74) is 5.65. The van der Waals surface area contributed by atoms with Gasteiger partial charge in [-0.05, 0) is 19.3 Å². The molecule has 0 rings (SSSR count). The van der Waals surface area contributed by atoms with Gasteiger partial charge >= 0.3 is 5.97 Å². The average Bonchev–Trinajstić information content (AvgIpc) is 2.34. The summed E-state index contributed by atoms with van der Waals surface area (Å²) in [5.74, 6) is -1.72. The molecule has 5 N–H and O–H groups in total. The number of hydrogen-bond acceptors (Lipinski definition) is 5. The Morgan fingerprint density at radius 2 is 1.95 bits per heavy atom. The number of rotatable bonds is 9. The van der Waals surface area contributed by atoms with Crippen molar-refractivity contribution in [1.82, 2.24) is 10.6 Å². The zero-order valence-electron chi connectivity index (χ0n) is 10.9. The van der Waals surface area contributed by atoms with Crippen LogP contribution in [0.1, 0.15) is 26.2 Å². The number of amides is 2. The van der Waals surface area contributed by atoms with Gasteiger partial charge in [-0.15, -0.1) is 0 Å². The highest BCUT2D eigenvalue weighted by Crippen LogP contribution is 1.99. The van der Waals surface area contributed by atoms with Gasteiger partial charge in [0, 0.05) is 19.2 Å². The number of hydrogen-bond donors (Lipinski definition) is 5. The third-order valence-electron chi connectivity index (χ3n) is 2.45. The fourth-order valence-corrected chi connectivity index (χ4v) is 1.60. The van der Waals surface area contributed by atoms with Gasteiger partial charge in [0.25, 0.3) is 0 Å². The second kappa shape index (κ2) is 9.62. The van der Waals surface area contributed by atoms with Crippen molar-refractivity contribution in [3.05, 3.63) is 0 Å². The first-order valence-corrected chi connectivity index (χ1v) is 6.65. The Kier molecular flexibility index (Phi) is 8.98. The van der Waals surface area contributed by atoms with E-state index in [2.05, 4.69) is 23.3 Å². The number of unbranched alkanes of at least 4 members (excludes halogenated alkanes) is 1. The van der Waals surface area contributed by atoms with Gasteiger partial charge in [0.05, 0.1) is 6.04 Å². The van der Waals surface area contributed by atoms with Crippen molar-refractivity contribution < 1.29 is 19.5 Å². The van der Waals surface area contributed by atoms with Crippen LogP contribution in [0.5, 0.6) is 0 Å². The zero-order valence-corrected chi connectivity index (χ0v) is 11.8. The minimum Gasteiger partial charge on any atom is -0.480 e. The molecule has 0 aliphatic rings. The summed E-state index contributed by atoms with van der Waals surface area (Å²) in [7, 11) is 0. The zero-order chi connectivity index (χ0) is 14.8. The van der Waals surface area contributed by atoms with E-state index in [-0.39, 0.29) is 11.7 Å². The van der Waals surface area contributed by atoms with E-state index in [9.17, 15) is 14.4 Å². The van der Waals surface area contributed by atoms with Gasteiger partial charge < -0.3 is 21.5 Å². The third kappa shape index (κ3) is 8.44. The number of carboxylic acids is 1. The Hall–Kier alpha value is -1.28. The van der Waals surface area contributed by atoms with Crippen LogP contribution in [0, 0.1) is 0 Å². The van der Waals surface area contributed by atoms with Crippen molar-refractivity contribution in [3.63, 3.8) is 0 Å². The lowest BCUT2D eigenvalue weighted by Gasteiger charge is -2.16. The molecule has 0 aromatic rings. The van der Waals surface area contributed by atoms with Crippen molar-refractivity contribution in [2.75, 3.05) is 12.3 Å². The number of nitrogens with two attached hydrogens (primary N) is 1. The molecule has 0 fully saturated rings. The Labute approximate surface area is 117 Å². The number of carbonyl (C=O) groups excluding carboxylic acids is 2. The van der Waals surface area contributed by atoms with E-state index in [1.165, 1.54) is 6.92 Å². The fraction of sp³-hybridized carbons (Fsp3) is 0.727. The van der Waals surface area contributed by atoms with Crippen LogP contribution in [0.25, 0.3) is 0 Å². The monoisotopic (exact) mass is 291 g/mol. The molecule has 2 amide bonds. The first-order valence-electron chi connectivity index (χ1n) is 6.02. The van der Waals surface area contributed by atoms with Crippen molar-refractivity contribution in [2.45, 2.75) is 38.3 Å². The molecule has 0 aliphatic carbocycles. The minimum atomic E-state index is -1.14. The number of nitrogens with one attached hydrogen (secondary N) is 2. The SMILES string of the molecule is CC(=O)NCCCC[C@H](N)C(=O)N[C@@H](CS)C(=O)O. The second-order valence-corrected chi connectivity index (χ2v) is 4.53. The lowest BCUT2D eigenvalue weighted by atomic mass is 10.1. The van der Waals surface area contributed by atoms with Crippen LogP contribution in [0.4, 0.5) is 0 Å². The van der Waals surface area contributed by atoms with Gasteiger partial charge in [0.1, 0.15) is 6.04 Å². The van der Waals surface area contributed by atoms with E-state index in [1.807, 2.05) is 0 Å². The van der Waals surface area contributed by atoms with Gasteiger partial charge in [-0.2, -0.15) is 12.6 Å². The van der Waals surface area contributed by atoms with E-state index in [1.54, 1.807) is 0 Å². The smallest absolute Gasteiger partial charge is 0.327 e. The summed E-state index contributed by atoms with van der Waals surface area (Å²) in [6, 6.07) is -1.78. The van der Waals surface area contributed by atoms with Crippen LogP contribution in [0.2, 0.25) is 0 Å². The maximum atomic E-state index is 11.6. The van der Waals surface area contributed by atoms with E-state index < -0.39 is 24.0 Å². The minimum absolute atomic E-state index is 0.0102. The number of aliphatic carboxylic acids is 1. The van der Waals surface area contributed by atoms with Crippen molar-refractivity contribution >= 4 is 30.4 Å². The van der Waals surface area contributed by atoms with Crippen LogP contribution in [0.15, 0.2) is 0 Å². The molecule has 0 radical (unpaired) electrons. The molecule has 0 saturated carbocycles. The van der Waals surface area contributed by atoms with Gasteiger partial charge in [0.2, 0.25) is 11.8 Å². The molecule has 0 unspecified atom stereocenters. The molecular weight excluding hydrogens is 270 g/mol. The summed E-state index contributed by atoms with van der Waals surface area (Å²) in [6.07, 6.45) is 1.83. The van der Waals surface area contributed by atoms with Crippen LogP contribution >= 0.6 is 12.6 Å². The predicted octanol–water partition coefficient (Wildman–Crippen LogP) is -0.881. The predicted molar refractivity (Wildman–Crippen MR) is 73.9 cm³/mol. The highest BCUT2D eigenvalue weighted by atomic mass is 32.1. The number of carboxylic acid groups (broad SMARTS) is 1. The van der Waals surface area contributed by atoms with Crippen molar-refractivity contribution in [3.8, 4) is 0 Å². The van der Waals surface area contributed by atoms with Gasteiger partial charge in [-0.1, -0.05) is 0 Å². The molecule has 0 spiro atoms. The van der Waals surface area contributed by atoms with E-state index in [4.69, 9.17) is 10.8 Å². The standard InChI is InChI=1S/C11H21N3O4S/c1-7(15)13-5-3-2-4-8(12)10(16)14-9(6-19)11(17)18/h8-9,19H,2-6,12H2,1H3,(H,13,15)(H,14,16)(H,17,18)/t8-,9-/m0/s1. The molecule has 0 heterocycles. The Morgan fingerprint density at radius 3 is 2.42 bits per heavy atom. The molecule has 0 aliphatic heterocycles. The van der Waals surface area contributed by atoms with E-state index >= 15 is 0 Å². The quantitative estimate of drug-likeness (QED) is 0.279. The molecule has 19 heavy (non-hydrogen) atoms. The van der Waals surface area contributed by atoms with Crippen LogP contribution in [-0.2, 0) is 14.4 Å². The highest BCUT2D eigenvalue weighted by molar-refractivity contribution is 7.80. The van der Waals surface area contributed by atoms with E-state index in [0.29, 0.717) is 19.4 Å². The Balaban J connectivity index is 3.87. The Bertz CT molecular complexity index is 325. The molecule has 7 nitrogen and oxygen atoms in total. The van der Waals surface area contributed by atoms with Gasteiger partial charge in [0.15, 0.2) is 0 Å². The van der Waals surface area contributed by atoms with Crippen LogP contribution in [0.3, 0.4) is 0 Å². The van der Waals surface area contributed by atoms with E-state index in [0.717, 1.165) is 6.42 Å². The molecular formula is C11H21N3O4S. The summed E-state index contributed by atoms with van der Waals surface area (Å²) in [4.78, 5) is 32.9. The maximum Gasteiger partial charge on any atom is 0.327 e. The summed E-state index contributed by atoms with van der Waals surface area (Å²) < 4.78 is 0. The first-order chi connectivity index (χ1) is 8.88. The normalized spacial score (nSPS) is 13.4. The molecule has 0 bridgehead atoms. The molecule has 8 heteroatoms. The van der Waals surface area contributed by atoms with Gasteiger partial charge in [-0.3, -0.25) is 9.59 Å². The highest BCUT2D eigenvalue weighted by Gasteiger charge is 2.21. The maximum absolute atomic E-state index is 11.6. The number of thiol groups is 1. The summed E-state index contributed by atoms with van der Waals surface area (Å²) in [6.45, 7) is 1.97. The largest absolute Gasteiger partial charge is 0.480 e. The van der Waals surface area contributed by atoms with Crippen LogP contribution < -0.4 is 16.4 Å². The summed E-state index contributed by atoms with van der Waals surface area (Å²) >= 11 is 3.84. The third-order valence-corrected chi connectivity index (χ3v) is 2.81. The van der Waals surface area contributed by atoms with Gasteiger partial charge in [-0.25, -0.2) is 4.79 Å². The number of carbonyl (C=O) groups is 3. The molecule has 110 valence electrons. The molecule has 0 saturated heterocycles. The average molecular weight is 291 g/mol. The lowest BCUT2D eigenvalue weighted by Crippen LogP contribution is -2.49. The lowest BCUT2D eigenvalue weighted by molar-refractivity contribution is -0.141.